The van der Waals surface area contributed by atoms with E-state index >= 15 is 0 Å². The molecule has 1 aliphatic carbocycles. The minimum absolute atomic E-state index is 0.118. The largest absolute Gasteiger partial charge is 0.326 e. The fourth-order valence-corrected chi connectivity index (χ4v) is 5.59. The van der Waals surface area contributed by atoms with Crippen LogP contribution in [0.25, 0.3) is 0 Å². The molecule has 10 heteroatoms. The molecule has 176 valence electrons. The van der Waals surface area contributed by atoms with Crippen LogP contribution in [0.4, 0.5) is 15.8 Å². The van der Waals surface area contributed by atoms with Crippen molar-refractivity contribution in [1.29, 1.82) is 0 Å². The van der Waals surface area contributed by atoms with E-state index < -0.39 is 33.3 Å². The third-order valence-corrected chi connectivity index (χ3v) is 7.84. The Morgan fingerprint density at radius 3 is 2.06 bits per heavy atom. The Bertz CT molecular complexity index is 1280. The highest BCUT2D eigenvalue weighted by Gasteiger charge is 2.77. The molecular formula is C24H16Cl5FN2O2. The minimum atomic E-state index is -1.40. The summed E-state index contributed by atoms with van der Waals surface area (Å²) in [5, 5.41) is 6.34. The summed E-state index contributed by atoms with van der Waals surface area (Å²) in [5.74, 6) is -2.22. The molecule has 4 nitrogen and oxygen atoms in total. The van der Waals surface area contributed by atoms with Gasteiger partial charge in [0.25, 0.3) is 5.91 Å². The maximum absolute atomic E-state index is 13.1. The number of nitrogens with one attached hydrogen (secondary N) is 2. The summed E-state index contributed by atoms with van der Waals surface area (Å²) in [6.45, 7) is 1.75. The smallest absolute Gasteiger partial charge is 0.257 e. The summed E-state index contributed by atoms with van der Waals surface area (Å²) in [5.41, 5.74) is 0.517. The van der Waals surface area contributed by atoms with Crippen LogP contribution in [-0.4, -0.2) is 16.1 Å². The molecule has 0 bridgehead atoms. The van der Waals surface area contributed by atoms with Crippen molar-refractivity contribution in [2.75, 3.05) is 10.6 Å². The topological polar surface area (TPSA) is 58.2 Å². The number of hydrogen-bond donors (Lipinski definition) is 2. The molecule has 1 aliphatic rings. The van der Waals surface area contributed by atoms with E-state index in [1.807, 2.05) is 0 Å². The van der Waals surface area contributed by atoms with Crippen molar-refractivity contribution in [1.82, 2.24) is 0 Å². The third-order valence-electron chi connectivity index (χ3n) is 5.85. The summed E-state index contributed by atoms with van der Waals surface area (Å²) in [4.78, 5) is 25.8. The molecule has 2 N–H and O–H groups in total. The maximum atomic E-state index is 13.1. The molecule has 0 saturated heterocycles. The second-order valence-corrected chi connectivity index (χ2v) is 10.7. The van der Waals surface area contributed by atoms with Crippen molar-refractivity contribution in [3.05, 3.63) is 92.7 Å². The molecule has 0 aliphatic heterocycles. The first kappa shape index (κ1) is 25.1. The fourth-order valence-electron chi connectivity index (χ4n) is 3.89. The first-order valence-electron chi connectivity index (χ1n) is 9.95. The van der Waals surface area contributed by atoms with Crippen molar-refractivity contribution in [2.24, 2.45) is 5.92 Å². The van der Waals surface area contributed by atoms with Crippen molar-refractivity contribution < 1.29 is 14.0 Å². The molecule has 34 heavy (non-hydrogen) atoms. The number of anilines is 2. The highest BCUT2D eigenvalue weighted by atomic mass is 35.5. The molecule has 2 atom stereocenters. The molecule has 2 amide bonds. The quantitative estimate of drug-likeness (QED) is 0.314. The predicted octanol–water partition coefficient (Wildman–Crippen LogP) is 7.74. The zero-order chi connectivity index (χ0) is 24.8. The fraction of sp³-hybridized carbons (Fsp3) is 0.167. The maximum Gasteiger partial charge on any atom is 0.257 e. The third kappa shape index (κ3) is 4.60. The van der Waals surface area contributed by atoms with E-state index in [0.717, 1.165) is 0 Å². The molecule has 0 aromatic heterocycles. The van der Waals surface area contributed by atoms with Gasteiger partial charge < -0.3 is 10.6 Å². The lowest BCUT2D eigenvalue weighted by Crippen LogP contribution is -2.20. The van der Waals surface area contributed by atoms with Crippen LogP contribution >= 0.6 is 58.0 Å². The number of carbonyl (C=O) groups excluding carboxylic acids is 2. The van der Waals surface area contributed by atoms with Crippen molar-refractivity contribution in [3.8, 4) is 0 Å². The van der Waals surface area contributed by atoms with Crippen LogP contribution in [-0.2, 0) is 10.2 Å². The summed E-state index contributed by atoms with van der Waals surface area (Å²) < 4.78 is 11.7. The first-order valence-corrected chi connectivity index (χ1v) is 11.8. The molecule has 0 spiro atoms. The Morgan fingerprint density at radius 1 is 0.853 bits per heavy atom. The average Bonchev–Trinajstić information content (AvgIpc) is 3.23. The Kier molecular flexibility index (Phi) is 6.80. The van der Waals surface area contributed by atoms with E-state index in [9.17, 15) is 14.0 Å². The van der Waals surface area contributed by atoms with Gasteiger partial charge in [-0.3, -0.25) is 9.59 Å². The zero-order valence-electron chi connectivity index (χ0n) is 17.4. The lowest BCUT2D eigenvalue weighted by molar-refractivity contribution is -0.117. The van der Waals surface area contributed by atoms with Crippen LogP contribution in [0.15, 0.2) is 60.7 Å². The summed E-state index contributed by atoms with van der Waals surface area (Å²) in [6, 6.07) is 14.6. The van der Waals surface area contributed by atoms with Gasteiger partial charge in [0.05, 0.1) is 16.5 Å². The second-order valence-electron chi connectivity index (χ2n) is 8.06. The summed E-state index contributed by atoms with van der Waals surface area (Å²) in [6.07, 6.45) is 0. The van der Waals surface area contributed by atoms with Gasteiger partial charge in [0.1, 0.15) is 10.2 Å². The van der Waals surface area contributed by atoms with Crippen LogP contribution in [0.5, 0.6) is 0 Å². The highest BCUT2D eigenvalue weighted by Crippen LogP contribution is 2.70. The number of amides is 2. The van der Waals surface area contributed by atoms with E-state index in [1.165, 1.54) is 36.4 Å². The van der Waals surface area contributed by atoms with Crippen LogP contribution in [0.3, 0.4) is 0 Å². The van der Waals surface area contributed by atoms with Crippen LogP contribution in [0.1, 0.15) is 22.8 Å². The number of benzene rings is 3. The van der Waals surface area contributed by atoms with E-state index in [4.69, 9.17) is 58.0 Å². The van der Waals surface area contributed by atoms with Crippen molar-refractivity contribution >= 4 is 81.2 Å². The molecule has 3 aromatic rings. The van der Waals surface area contributed by atoms with Crippen LogP contribution in [0, 0.1) is 11.7 Å². The first-order chi connectivity index (χ1) is 15.9. The Morgan fingerprint density at radius 2 is 1.44 bits per heavy atom. The van der Waals surface area contributed by atoms with Gasteiger partial charge in [0.15, 0.2) is 0 Å². The molecule has 3 aromatic carbocycles. The highest BCUT2D eigenvalue weighted by molar-refractivity contribution is 6.54. The number of hydrogen-bond acceptors (Lipinski definition) is 2. The lowest BCUT2D eigenvalue weighted by Gasteiger charge is -2.14. The van der Waals surface area contributed by atoms with Gasteiger partial charge in [-0.05, 0) is 66.2 Å². The second kappa shape index (κ2) is 9.21. The molecule has 2 unspecified atom stereocenters. The number of alkyl halides is 2. The average molecular weight is 561 g/mol. The molecular weight excluding hydrogens is 545 g/mol. The zero-order valence-corrected chi connectivity index (χ0v) is 21.2. The molecule has 4 rings (SSSR count). The molecule has 1 fully saturated rings. The van der Waals surface area contributed by atoms with Gasteiger partial charge in [0, 0.05) is 26.8 Å². The molecule has 0 radical (unpaired) electrons. The van der Waals surface area contributed by atoms with Crippen LogP contribution in [0.2, 0.25) is 15.1 Å². The van der Waals surface area contributed by atoms with Gasteiger partial charge in [-0.1, -0.05) is 64.9 Å². The monoisotopic (exact) mass is 558 g/mol. The molecule has 0 heterocycles. The van der Waals surface area contributed by atoms with Gasteiger partial charge in [0.2, 0.25) is 5.91 Å². The predicted molar refractivity (Wildman–Crippen MR) is 136 cm³/mol. The number of rotatable bonds is 5. The van der Waals surface area contributed by atoms with E-state index in [-0.39, 0.29) is 10.6 Å². The van der Waals surface area contributed by atoms with E-state index in [0.29, 0.717) is 27.0 Å². The number of carbonyl (C=O) groups is 2. The van der Waals surface area contributed by atoms with E-state index in [1.54, 1.807) is 31.2 Å². The van der Waals surface area contributed by atoms with Gasteiger partial charge in [-0.2, -0.15) is 0 Å². The standard InChI is InChI=1S/C24H16Cl5FN2O2/c1-23(12-8-13(25)10-14(26)9-12)20(24(23,28)29)22(34)32-17-6-7-19(27)18(11-17)21(33)31-16-4-2-15(30)3-5-16/h2-11,20H,1H3,(H,31,33)(H,32,34). The summed E-state index contributed by atoms with van der Waals surface area (Å²) in [7, 11) is 0. The Hall–Kier alpha value is -2.02. The van der Waals surface area contributed by atoms with Crippen molar-refractivity contribution in [2.45, 2.75) is 16.7 Å². The SMILES string of the molecule is CC1(c2cc(Cl)cc(Cl)c2)C(C(=O)Nc2ccc(Cl)c(C(=O)Nc3ccc(F)cc3)c2)C1(Cl)Cl. The minimum Gasteiger partial charge on any atom is -0.326 e. The van der Waals surface area contributed by atoms with Crippen LogP contribution < -0.4 is 10.6 Å². The van der Waals surface area contributed by atoms with Gasteiger partial charge in [-0.15, -0.1) is 0 Å². The van der Waals surface area contributed by atoms with Gasteiger partial charge in [-0.25, -0.2) is 4.39 Å². The normalized spacial score (nSPS) is 20.5. The Balaban J connectivity index is 1.54. The molecule has 1 saturated carbocycles. The number of halogens is 6. The Labute approximate surface area is 220 Å². The van der Waals surface area contributed by atoms with Crippen molar-refractivity contribution in [3.63, 3.8) is 0 Å². The lowest BCUT2D eigenvalue weighted by atomic mass is 9.95. The summed E-state index contributed by atoms with van der Waals surface area (Å²) >= 11 is 31.5. The van der Waals surface area contributed by atoms with Gasteiger partial charge >= 0.3 is 0 Å². The van der Waals surface area contributed by atoms with E-state index in [2.05, 4.69) is 10.6 Å².